The molecule has 0 radical (unpaired) electrons. The molecule has 4 rings (SSSR count). The second-order valence-corrected chi connectivity index (χ2v) is 7.64. The number of hydrogen-bond acceptors (Lipinski definition) is 9. The SMILES string of the molecule is CC(=O)Nc1ccc(Nc2nc3cc([N+](=O)[O-])c([N+](=O)[O-])cc3nc2Nc2ccc(C)cc2)cc1. The van der Waals surface area contributed by atoms with Crippen molar-refractivity contribution < 1.29 is 14.6 Å². The minimum Gasteiger partial charge on any atom is -0.337 e. The van der Waals surface area contributed by atoms with Crippen molar-refractivity contribution in [3.63, 3.8) is 0 Å². The highest BCUT2D eigenvalue weighted by atomic mass is 16.6. The molecule has 12 heteroatoms. The minimum atomic E-state index is -0.828. The van der Waals surface area contributed by atoms with E-state index in [1.807, 2.05) is 31.2 Å². The van der Waals surface area contributed by atoms with Crippen LogP contribution >= 0.6 is 0 Å². The van der Waals surface area contributed by atoms with E-state index >= 15 is 0 Å². The number of carbonyl (C=O) groups excluding carboxylic acids is 1. The fraction of sp³-hybridized carbons (Fsp3) is 0.0870. The van der Waals surface area contributed by atoms with Gasteiger partial charge < -0.3 is 16.0 Å². The molecule has 0 saturated carbocycles. The summed E-state index contributed by atoms with van der Waals surface area (Å²) in [7, 11) is 0. The van der Waals surface area contributed by atoms with Gasteiger partial charge in [-0.2, -0.15) is 0 Å². The molecule has 0 unspecified atom stereocenters. The van der Waals surface area contributed by atoms with Gasteiger partial charge in [-0.1, -0.05) is 17.7 Å². The van der Waals surface area contributed by atoms with Crippen molar-refractivity contribution in [1.29, 1.82) is 0 Å². The number of aromatic nitrogens is 2. The van der Waals surface area contributed by atoms with Gasteiger partial charge in [-0.25, -0.2) is 9.97 Å². The molecule has 1 aromatic heterocycles. The Hall–Kier alpha value is -5.13. The van der Waals surface area contributed by atoms with E-state index in [-0.39, 0.29) is 28.6 Å². The minimum absolute atomic E-state index is 0.106. The summed E-state index contributed by atoms with van der Waals surface area (Å²) in [4.78, 5) is 41.3. The molecule has 0 fully saturated rings. The van der Waals surface area contributed by atoms with Gasteiger partial charge in [0, 0.05) is 24.0 Å². The maximum Gasteiger partial charge on any atom is 0.348 e. The van der Waals surface area contributed by atoms with Gasteiger partial charge in [0.15, 0.2) is 11.6 Å². The Kier molecular flexibility index (Phi) is 6.18. The number of rotatable bonds is 7. The van der Waals surface area contributed by atoms with Crippen LogP contribution in [0, 0.1) is 27.2 Å². The van der Waals surface area contributed by atoms with Crippen LogP contribution in [0.15, 0.2) is 60.7 Å². The number of nitro benzene ring substituents is 2. The van der Waals surface area contributed by atoms with Crippen LogP contribution in [-0.2, 0) is 4.79 Å². The summed E-state index contributed by atoms with van der Waals surface area (Å²) in [6, 6.07) is 16.4. The van der Waals surface area contributed by atoms with Crippen LogP contribution < -0.4 is 16.0 Å². The lowest BCUT2D eigenvalue weighted by Crippen LogP contribution is -2.06. The smallest absolute Gasteiger partial charge is 0.337 e. The Bertz CT molecular complexity index is 1450. The van der Waals surface area contributed by atoms with Crippen LogP contribution in [0.4, 0.5) is 40.1 Å². The van der Waals surface area contributed by atoms with Gasteiger partial charge in [0.05, 0.1) is 33.0 Å². The average molecular weight is 473 g/mol. The first-order chi connectivity index (χ1) is 16.7. The molecule has 3 aromatic carbocycles. The number of nitrogens with zero attached hydrogens (tertiary/aromatic N) is 4. The highest BCUT2D eigenvalue weighted by Crippen LogP contribution is 2.34. The van der Waals surface area contributed by atoms with E-state index in [2.05, 4.69) is 25.9 Å². The third kappa shape index (κ3) is 5.27. The molecule has 0 aliphatic rings. The maximum atomic E-state index is 11.4. The molecule has 12 nitrogen and oxygen atoms in total. The zero-order valence-electron chi connectivity index (χ0n) is 18.6. The number of amides is 1. The van der Waals surface area contributed by atoms with Crippen molar-refractivity contribution in [1.82, 2.24) is 9.97 Å². The third-order valence-electron chi connectivity index (χ3n) is 4.94. The average Bonchev–Trinajstić information content (AvgIpc) is 2.81. The van der Waals surface area contributed by atoms with Gasteiger partial charge in [0.25, 0.3) is 0 Å². The molecule has 0 saturated heterocycles. The molecular formula is C23H19N7O5. The maximum absolute atomic E-state index is 11.4. The molecule has 1 heterocycles. The fourth-order valence-corrected chi connectivity index (χ4v) is 3.30. The zero-order valence-corrected chi connectivity index (χ0v) is 18.6. The van der Waals surface area contributed by atoms with E-state index in [1.165, 1.54) is 6.92 Å². The van der Waals surface area contributed by atoms with E-state index in [4.69, 9.17) is 0 Å². The number of fused-ring (bicyclic) bond motifs is 1. The predicted molar refractivity (Wildman–Crippen MR) is 131 cm³/mol. The zero-order chi connectivity index (χ0) is 25.1. The summed E-state index contributed by atoms with van der Waals surface area (Å²) in [5, 5.41) is 31.7. The number of nitrogens with one attached hydrogen (secondary N) is 3. The standard InChI is InChI=1S/C23H19N7O5/c1-13-3-5-16(6-4-13)25-22-23(26-17-9-7-15(8-10-17)24-14(2)31)28-19-12-21(30(34)35)20(29(32)33)11-18(19)27-22/h3-12H,1-2H3,(H,24,31)(H,25,27)(H,26,28). The monoisotopic (exact) mass is 473 g/mol. The van der Waals surface area contributed by atoms with Gasteiger partial charge >= 0.3 is 11.4 Å². The first kappa shape index (κ1) is 23.0. The number of hydrogen-bond donors (Lipinski definition) is 3. The summed E-state index contributed by atoms with van der Waals surface area (Å²) in [5.74, 6) is 0.301. The lowest BCUT2D eigenvalue weighted by Gasteiger charge is -2.14. The summed E-state index contributed by atoms with van der Waals surface area (Å²) in [6.45, 7) is 3.35. The molecule has 35 heavy (non-hydrogen) atoms. The van der Waals surface area contributed by atoms with Gasteiger partial charge in [-0.3, -0.25) is 25.0 Å². The Balaban J connectivity index is 1.80. The highest BCUT2D eigenvalue weighted by Gasteiger charge is 2.26. The fourth-order valence-electron chi connectivity index (χ4n) is 3.30. The molecule has 0 atom stereocenters. The van der Waals surface area contributed by atoms with Crippen LogP contribution in [0.2, 0.25) is 0 Å². The van der Waals surface area contributed by atoms with E-state index < -0.39 is 21.2 Å². The predicted octanol–water partition coefficient (Wildman–Crippen LogP) is 5.20. The lowest BCUT2D eigenvalue weighted by atomic mass is 10.2. The number of anilines is 5. The van der Waals surface area contributed by atoms with E-state index in [1.54, 1.807) is 24.3 Å². The molecule has 3 N–H and O–H groups in total. The normalized spacial score (nSPS) is 10.6. The van der Waals surface area contributed by atoms with Crippen LogP contribution in [0.1, 0.15) is 12.5 Å². The van der Waals surface area contributed by atoms with Gasteiger partial charge in [0.1, 0.15) is 0 Å². The van der Waals surface area contributed by atoms with Crippen molar-refractivity contribution in [2.24, 2.45) is 0 Å². The summed E-state index contributed by atoms with van der Waals surface area (Å²) >= 11 is 0. The Labute approximate surface area is 198 Å². The van der Waals surface area contributed by atoms with Crippen molar-refractivity contribution >= 4 is 57.0 Å². The molecular weight excluding hydrogens is 454 g/mol. The summed E-state index contributed by atoms with van der Waals surface area (Å²) < 4.78 is 0. The molecule has 0 aliphatic heterocycles. The third-order valence-corrected chi connectivity index (χ3v) is 4.94. The number of nitro groups is 2. The number of aryl methyl sites for hydroxylation is 1. The first-order valence-corrected chi connectivity index (χ1v) is 10.3. The van der Waals surface area contributed by atoms with E-state index in [0.717, 1.165) is 17.7 Å². The number of benzene rings is 3. The van der Waals surface area contributed by atoms with Crippen molar-refractivity contribution in [3.8, 4) is 0 Å². The lowest BCUT2D eigenvalue weighted by molar-refractivity contribution is -0.422. The second-order valence-electron chi connectivity index (χ2n) is 7.64. The van der Waals surface area contributed by atoms with E-state index in [0.29, 0.717) is 17.1 Å². The van der Waals surface area contributed by atoms with E-state index in [9.17, 15) is 25.0 Å². The topological polar surface area (TPSA) is 165 Å². The molecule has 0 aliphatic carbocycles. The van der Waals surface area contributed by atoms with Crippen molar-refractivity contribution in [3.05, 3.63) is 86.5 Å². The van der Waals surface area contributed by atoms with Crippen molar-refractivity contribution in [2.45, 2.75) is 13.8 Å². The Morgan fingerprint density at radius 2 is 1.14 bits per heavy atom. The molecule has 4 aromatic rings. The van der Waals surface area contributed by atoms with Crippen LogP contribution in [-0.4, -0.2) is 25.7 Å². The van der Waals surface area contributed by atoms with Gasteiger partial charge in [-0.05, 0) is 43.3 Å². The highest BCUT2D eigenvalue weighted by molar-refractivity contribution is 5.89. The van der Waals surface area contributed by atoms with Gasteiger partial charge in [-0.15, -0.1) is 0 Å². The number of carbonyl (C=O) groups is 1. The molecule has 0 spiro atoms. The molecule has 0 bridgehead atoms. The van der Waals surface area contributed by atoms with Crippen LogP contribution in [0.3, 0.4) is 0 Å². The Morgan fingerprint density at radius 3 is 1.54 bits per heavy atom. The van der Waals surface area contributed by atoms with Gasteiger partial charge in [0.2, 0.25) is 5.91 Å². The van der Waals surface area contributed by atoms with Crippen LogP contribution in [0.25, 0.3) is 11.0 Å². The first-order valence-electron chi connectivity index (χ1n) is 10.3. The summed E-state index contributed by atoms with van der Waals surface area (Å²) in [6.07, 6.45) is 0. The van der Waals surface area contributed by atoms with Crippen molar-refractivity contribution in [2.75, 3.05) is 16.0 Å². The summed E-state index contributed by atoms with van der Waals surface area (Å²) in [5.41, 5.74) is 1.83. The quantitative estimate of drug-likeness (QED) is 0.241. The molecule has 176 valence electrons. The molecule has 1 amide bonds. The van der Waals surface area contributed by atoms with Crippen LogP contribution in [0.5, 0.6) is 0 Å². The Morgan fingerprint density at radius 1 is 0.743 bits per heavy atom. The second kappa shape index (κ2) is 9.39. The largest absolute Gasteiger partial charge is 0.348 e.